The van der Waals surface area contributed by atoms with Gasteiger partial charge in [-0.2, -0.15) is 13.2 Å². The van der Waals surface area contributed by atoms with E-state index < -0.39 is 11.8 Å². The Morgan fingerprint density at radius 2 is 1.76 bits per heavy atom. The van der Waals surface area contributed by atoms with Crippen molar-refractivity contribution in [2.75, 3.05) is 0 Å². The molecule has 0 aromatic rings. The lowest BCUT2D eigenvalue weighted by molar-refractivity contribution is -0.232. The summed E-state index contributed by atoms with van der Waals surface area (Å²) in [7, 11) is 0. The van der Waals surface area contributed by atoms with Crippen LogP contribution in [0.3, 0.4) is 0 Å². The molecule has 1 N–H and O–H groups in total. The fourth-order valence-corrected chi connectivity index (χ4v) is 6.48. The number of ether oxygens (including phenoxy) is 2. The van der Waals surface area contributed by atoms with Crippen molar-refractivity contribution in [2.24, 2.45) is 17.3 Å². The Morgan fingerprint density at radius 3 is 2.32 bits per heavy atom. The first-order chi connectivity index (χ1) is 17.6. The minimum Gasteiger partial charge on any atom is -0.462 e. The molecule has 2 saturated carbocycles. The maximum absolute atomic E-state index is 13.0. The molecule has 0 aliphatic heterocycles. The summed E-state index contributed by atoms with van der Waals surface area (Å²) < 4.78 is 49.8. The highest BCUT2D eigenvalue weighted by Gasteiger charge is 2.48. The third kappa shape index (κ3) is 7.19. The minimum absolute atomic E-state index is 0.0600. The molecule has 0 amide bonds. The van der Waals surface area contributed by atoms with Gasteiger partial charge in [-0.1, -0.05) is 54.9 Å². The molecule has 0 bridgehead atoms. The number of esters is 2. The van der Waals surface area contributed by atoms with Gasteiger partial charge in [0.2, 0.25) is 0 Å². The van der Waals surface area contributed by atoms with Crippen molar-refractivity contribution in [2.45, 2.75) is 110 Å². The van der Waals surface area contributed by atoms with Crippen molar-refractivity contribution in [1.82, 2.24) is 0 Å². The van der Waals surface area contributed by atoms with Crippen molar-refractivity contribution in [3.05, 3.63) is 47.1 Å². The molecular weight excluding hydrogens is 497 g/mol. The predicted molar refractivity (Wildman–Crippen MR) is 139 cm³/mol. The molecule has 0 aromatic heterocycles. The molecule has 212 valence electrons. The number of aliphatic hydroxyl groups is 1. The van der Waals surface area contributed by atoms with Gasteiger partial charge in [-0.05, 0) is 62.4 Å². The Bertz CT molecular complexity index is 993. The molecule has 0 saturated heterocycles. The highest BCUT2D eigenvalue weighted by Crippen LogP contribution is 2.57. The van der Waals surface area contributed by atoms with Gasteiger partial charge < -0.3 is 14.6 Å². The lowest BCUT2D eigenvalue weighted by Crippen LogP contribution is -2.40. The number of alkyl halides is 3. The molecule has 0 heterocycles. The van der Waals surface area contributed by atoms with Crippen molar-refractivity contribution in [1.29, 1.82) is 0 Å². The fourth-order valence-electron chi connectivity index (χ4n) is 6.48. The van der Waals surface area contributed by atoms with E-state index in [0.29, 0.717) is 31.6 Å². The molecule has 3 aliphatic rings. The first kappa shape index (κ1) is 30.2. The van der Waals surface area contributed by atoms with Crippen LogP contribution in [0.1, 0.15) is 86.0 Å². The first-order valence-corrected chi connectivity index (χ1v) is 13.5. The summed E-state index contributed by atoms with van der Waals surface area (Å²) in [5.41, 5.74) is 0.808. The second-order valence-electron chi connectivity index (χ2n) is 11.6. The Hall–Kier alpha value is -2.35. The van der Waals surface area contributed by atoms with E-state index in [2.05, 4.69) is 25.2 Å². The van der Waals surface area contributed by atoms with E-state index >= 15 is 0 Å². The molecule has 0 aromatic carbocycles. The smallest absolute Gasteiger partial charge is 0.420 e. The molecule has 5 nitrogen and oxygen atoms in total. The van der Waals surface area contributed by atoms with Gasteiger partial charge in [0.1, 0.15) is 12.2 Å². The molecule has 8 heteroatoms. The Balaban J connectivity index is 1.73. The van der Waals surface area contributed by atoms with Crippen LogP contribution in [0.25, 0.3) is 0 Å². The summed E-state index contributed by atoms with van der Waals surface area (Å²) in [5, 5.41) is 9.70. The van der Waals surface area contributed by atoms with Crippen molar-refractivity contribution in [3.8, 4) is 0 Å². The number of halogens is 3. The summed E-state index contributed by atoms with van der Waals surface area (Å²) in [6, 6.07) is 0. The molecule has 6 atom stereocenters. The van der Waals surface area contributed by atoms with Crippen LogP contribution >= 0.6 is 0 Å². The van der Waals surface area contributed by atoms with Gasteiger partial charge in [0.25, 0.3) is 0 Å². The van der Waals surface area contributed by atoms with Crippen LogP contribution in [0.2, 0.25) is 0 Å². The zero-order chi connectivity index (χ0) is 28.3. The quantitative estimate of drug-likeness (QED) is 0.281. The maximum Gasteiger partial charge on any atom is 0.420 e. The maximum atomic E-state index is 13.0. The van der Waals surface area contributed by atoms with Crippen LogP contribution in [0, 0.1) is 17.3 Å². The molecule has 2 fully saturated rings. The fraction of sp³-hybridized carbons (Fsp3) is 0.667. The van der Waals surface area contributed by atoms with Crippen molar-refractivity contribution < 1.29 is 37.3 Å². The average Bonchev–Trinajstić information content (AvgIpc) is 3.13. The molecule has 3 rings (SSSR count). The lowest BCUT2D eigenvalue weighted by atomic mass is 9.62. The van der Waals surface area contributed by atoms with Crippen LogP contribution in [0.15, 0.2) is 47.1 Å². The van der Waals surface area contributed by atoms with E-state index in [0.717, 1.165) is 44.3 Å². The Labute approximate surface area is 223 Å². The minimum atomic E-state index is -4.71. The van der Waals surface area contributed by atoms with E-state index in [4.69, 9.17) is 9.47 Å². The van der Waals surface area contributed by atoms with E-state index in [1.165, 1.54) is 31.1 Å². The summed E-state index contributed by atoms with van der Waals surface area (Å²) in [5.74, 6) is -0.315. The van der Waals surface area contributed by atoms with E-state index in [1.54, 1.807) is 0 Å². The number of hydrogen-bond acceptors (Lipinski definition) is 5. The zero-order valence-electron chi connectivity index (χ0n) is 23.1. The number of carbonyl (C=O) groups is 2. The predicted octanol–water partition coefficient (Wildman–Crippen LogP) is 6.92. The normalized spacial score (nSPS) is 31.4. The number of rotatable bonds is 7. The molecule has 0 radical (unpaired) electrons. The monoisotopic (exact) mass is 538 g/mol. The van der Waals surface area contributed by atoms with Gasteiger partial charge in [0.05, 0.1) is 0 Å². The summed E-state index contributed by atoms with van der Waals surface area (Å²) >= 11 is 0. The summed E-state index contributed by atoms with van der Waals surface area (Å²) in [6.45, 7) is 7.82. The van der Waals surface area contributed by atoms with E-state index in [9.17, 15) is 27.9 Å². The Kier molecular flexibility index (Phi) is 9.38. The number of fused-ring (bicyclic) bond motifs is 1. The zero-order valence-corrected chi connectivity index (χ0v) is 23.1. The molecular formula is C30H41F3O5. The summed E-state index contributed by atoms with van der Waals surface area (Å²) in [4.78, 5) is 23.0. The third-order valence-electron chi connectivity index (χ3n) is 8.35. The van der Waals surface area contributed by atoms with Crippen LogP contribution in [0.5, 0.6) is 0 Å². The second kappa shape index (κ2) is 11.8. The van der Waals surface area contributed by atoms with Crippen LogP contribution in [0.4, 0.5) is 13.2 Å². The molecule has 1 unspecified atom stereocenters. The summed E-state index contributed by atoms with van der Waals surface area (Å²) in [6.07, 6.45) is 9.54. The largest absolute Gasteiger partial charge is 0.462 e. The van der Waals surface area contributed by atoms with Crippen LogP contribution in [-0.4, -0.2) is 41.0 Å². The van der Waals surface area contributed by atoms with Gasteiger partial charge in [0, 0.05) is 33.1 Å². The standard InChI is InChI=1S/C30H41F3O5/c1-19(8-6-15-29(5,36)30(31,32)33)26-12-13-27-23(9-7-14-28(26,27)4)11-10-22-16-24(37-20(2)34)18-25(17-22)38-21(3)35/h6,10-12,15,19,24-25,27,36H,7-9,13-14,16-18H2,1-5H3/b15-6-,23-11+/t19-,24-,25-,27+,28-,29?/m1/s1. The molecule has 0 spiro atoms. The van der Waals surface area contributed by atoms with Gasteiger partial charge in [0.15, 0.2) is 5.60 Å². The van der Waals surface area contributed by atoms with E-state index in [1.807, 2.05) is 6.92 Å². The molecule has 3 aliphatic carbocycles. The highest BCUT2D eigenvalue weighted by molar-refractivity contribution is 5.67. The van der Waals surface area contributed by atoms with Gasteiger partial charge in [-0.15, -0.1) is 0 Å². The van der Waals surface area contributed by atoms with Gasteiger partial charge >= 0.3 is 18.1 Å². The third-order valence-corrected chi connectivity index (χ3v) is 8.35. The second-order valence-corrected chi connectivity index (χ2v) is 11.6. The SMILES string of the molecule is CC(=O)O[C@@H]1CC(=C/C=C2\CCC[C@]3(C)C([C@H](C)C/C=C\C(C)(O)C(F)(F)F)=CC[C@@H]23)C[C@@H](OC(C)=O)C1. The van der Waals surface area contributed by atoms with Gasteiger partial charge in [-0.25, -0.2) is 0 Å². The van der Waals surface area contributed by atoms with Crippen molar-refractivity contribution in [3.63, 3.8) is 0 Å². The Morgan fingerprint density at radius 1 is 1.16 bits per heavy atom. The first-order valence-electron chi connectivity index (χ1n) is 13.5. The molecule has 38 heavy (non-hydrogen) atoms. The van der Waals surface area contributed by atoms with Gasteiger partial charge in [-0.3, -0.25) is 9.59 Å². The highest BCUT2D eigenvalue weighted by atomic mass is 19.4. The number of hydrogen-bond donors (Lipinski definition) is 1. The van der Waals surface area contributed by atoms with Crippen molar-refractivity contribution >= 4 is 11.9 Å². The number of allylic oxidation sites excluding steroid dienone is 6. The number of carbonyl (C=O) groups excluding carboxylic acids is 2. The van der Waals surface area contributed by atoms with Crippen LogP contribution in [-0.2, 0) is 19.1 Å². The lowest BCUT2D eigenvalue weighted by Gasteiger charge is -2.42. The van der Waals surface area contributed by atoms with Crippen LogP contribution < -0.4 is 0 Å². The topological polar surface area (TPSA) is 72.8 Å². The average molecular weight is 539 g/mol. The van der Waals surface area contributed by atoms with E-state index in [-0.39, 0.29) is 35.5 Å².